The van der Waals surface area contributed by atoms with Gasteiger partial charge in [-0.1, -0.05) is 12.1 Å². The quantitative estimate of drug-likeness (QED) is 0.686. The molecular weight excluding hydrogens is 254 g/mol. The molecule has 0 radical (unpaired) electrons. The van der Waals surface area contributed by atoms with Crippen LogP contribution in [-0.4, -0.2) is 18.8 Å². The molecule has 1 amide bonds. The second kappa shape index (κ2) is 6.02. The third-order valence-electron chi connectivity index (χ3n) is 2.83. The van der Waals surface area contributed by atoms with Gasteiger partial charge in [0.15, 0.2) is 0 Å². The summed E-state index contributed by atoms with van der Waals surface area (Å²) in [5, 5.41) is 2.59. The maximum absolute atomic E-state index is 12.0. The molecule has 0 unspecified atom stereocenters. The highest BCUT2D eigenvalue weighted by atomic mass is 16.5. The highest BCUT2D eigenvalue weighted by Crippen LogP contribution is 2.13. The molecule has 2 aromatic rings. The number of carbonyl (C=O) groups excluding carboxylic acids is 2. The van der Waals surface area contributed by atoms with Crippen LogP contribution in [0.4, 0.5) is 5.69 Å². The van der Waals surface area contributed by atoms with Gasteiger partial charge < -0.3 is 10.1 Å². The zero-order chi connectivity index (χ0) is 14.5. The van der Waals surface area contributed by atoms with E-state index in [4.69, 9.17) is 4.74 Å². The van der Waals surface area contributed by atoms with Gasteiger partial charge in [0, 0.05) is 11.3 Å². The average molecular weight is 269 g/mol. The molecule has 0 spiro atoms. The van der Waals surface area contributed by atoms with E-state index in [1.165, 1.54) is 0 Å². The Labute approximate surface area is 117 Å². The van der Waals surface area contributed by atoms with E-state index in [-0.39, 0.29) is 0 Å². The monoisotopic (exact) mass is 269 g/mol. The van der Waals surface area contributed by atoms with Crippen LogP contribution in [0.1, 0.15) is 15.9 Å². The molecule has 2 rings (SSSR count). The number of hydrogen-bond donors (Lipinski definition) is 1. The van der Waals surface area contributed by atoms with Crippen LogP contribution in [-0.2, 0) is 4.79 Å². The van der Waals surface area contributed by atoms with Gasteiger partial charge in [0.1, 0.15) is 5.75 Å². The number of methoxy groups -OCH3 is 1. The number of ether oxygens (including phenoxy) is 1. The second-order valence-electron chi connectivity index (χ2n) is 4.38. The first-order chi connectivity index (χ1) is 9.60. The fraction of sp³-hybridized carbons (Fsp3) is 0.125. The summed E-state index contributed by atoms with van der Waals surface area (Å²) in [5.41, 5.74) is 1.95. The number of Topliss-reactive ketones (excluding diaryl/α,β-unsaturated/α-hetero) is 1. The van der Waals surface area contributed by atoms with Crippen molar-refractivity contribution in [1.29, 1.82) is 0 Å². The van der Waals surface area contributed by atoms with E-state index < -0.39 is 11.7 Å². The Hall–Kier alpha value is -2.62. The minimum Gasteiger partial charge on any atom is -0.497 e. The van der Waals surface area contributed by atoms with Gasteiger partial charge in [0.25, 0.3) is 11.7 Å². The number of anilines is 1. The van der Waals surface area contributed by atoms with E-state index in [9.17, 15) is 9.59 Å². The molecule has 0 saturated heterocycles. The van der Waals surface area contributed by atoms with Gasteiger partial charge in [-0.15, -0.1) is 0 Å². The fourth-order valence-corrected chi connectivity index (χ4v) is 1.78. The zero-order valence-corrected chi connectivity index (χ0v) is 11.3. The van der Waals surface area contributed by atoms with Crippen LogP contribution in [0.5, 0.6) is 5.75 Å². The van der Waals surface area contributed by atoms with E-state index in [2.05, 4.69) is 5.32 Å². The van der Waals surface area contributed by atoms with Crippen LogP contribution in [0, 0.1) is 6.92 Å². The SMILES string of the molecule is COc1ccc(C(=O)C(=O)Nc2cccc(C)c2)cc1. The summed E-state index contributed by atoms with van der Waals surface area (Å²) >= 11 is 0. The summed E-state index contributed by atoms with van der Waals surface area (Å²) in [6, 6.07) is 13.7. The number of nitrogens with one attached hydrogen (secondary N) is 1. The number of benzene rings is 2. The molecule has 1 N–H and O–H groups in total. The zero-order valence-electron chi connectivity index (χ0n) is 11.3. The number of rotatable bonds is 4. The molecule has 0 heterocycles. The van der Waals surface area contributed by atoms with E-state index in [0.29, 0.717) is 17.0 Å². The lowest BCUT2D eigenvalue weighted by Crippen LogP contribution is -2.22. The van der Waals surface area contributed by atoms with E-state index in [0.717, 1.165) is 5.56 Å². The van der Waals surface area contributed by atoms with Crippen molar-refractivity contribution in [3.63, 3.8) is 0 Å². The Bertz CT molecular complexity index is 632. The third-order valence-corrected chi connectivity index (χ3v) is 2.83. The summed E-state index contributed by atoms with van der Waals surface area (Å²) in [5.74, 6) is -0.587. The second-order valence-corrected chi connectivity index (χ2v) is 4.38. The lowest BCUT2D eigenvalue weighted by Gasteiger charge is -2.06. The predicted octanol–water partition coefficient (Wildman–Crippen LogP) is 2.83. The molecule has 0 atom stereocenters. The molecule has 0 saturated carbocycles. The molecule has 0 fully saturated rings. The summed E-state index contributed by atoms with van der Waals surface area (Å²) in [7, 11) is 1.54. The van der Waals surface area contributed by atoms with Crippen LogP contribution in [0.2, 0.25) is 0 Å². The predicted molar refractivity (Wildman–Crippen MR) is 77.1 cm³/mol. The van der Waals surface area contributed by atoms with Crippen LogP contribution in [0.3, 0.4) is 0 Å². The molecule has 0 bridgehead atoms. The summed E-state index contributed by atoms with van der Waals surface area (Å²) in [6.45, 7) is 1.92. The largest absolute Gasteiger partial charge is 0.497 e. The topological polar surface area (TPSA) is 55.4 Å². The molecule has 4 nitrogen and oxygen atoms in total. The van der Waals surface area contributed by atoms with Gasteiger partial charge in [0.05, 0.1) is 7.11 Å². The lowest BCUT2D eigenvalue weighted by atomic mass is 10.1. The Morgan fingerprint density at radius 2 is 1.75 bits per heavy atom. The van der Waals surface area contributed by atoms with Gasteiger partial charge in [-0.25, -0.2) is 0 Å². The Balaban J connectivity index is 2.10. The Morgan fingerprint density at radius 1 is 1.05 bits per heavy atom. The van der Waals surface area contributed by atoms with Gasteiger partial charge >= 0.3 is 0 Å². The number of amides is 1. The minimum atomic E-state index is -0.652. The summed E-state index contributed by atoms with van der Waals surface area (Å²) in [6.07, 6.45) is 0. The first-order valence-electron chi connectivity index (χ1n) is 6.16. The molecular formula is C16H15NO3. The number of carbonyl (C=O) groups is 2. The highest BCUT2D eigenvalue weighted by molar-refractivity contribution is 6.46. The van der Waals surface area contributed by atoms with Gasteiger partial charge in [-0.3, -0.25) is 9.59 Å². The molecule has 4 heteroatoms. The van der Waals surface area contributed by atoms with Crippen molar-refractivity contribution in [3.8, 4) is 5.75 Å². The van der Waals surface area contributed by atoms with Crippen molar-refractivity contribution in [2.24, 2.45) is 0 Å². The average Bonchev–Trinajstić information content (AvgIpc) is 2.46. The van der Waals surface area contributed by atoms with Crippen LogP contribution in [0.15, 0.2) is 48.5 Å². The molecule has 102 valence electrons. The van der Waals surface area contributed by atoms with Crippen molar-refractivity contribution in [2.45, 2.75) is 6.92 Å². The van der Waals surface area contributed by atoms with Crippen molar-refractivity contribution < 1.29 is 14.3 Å². The van der Waals surface area contributed by atoms with Gasteiger partial charge in [0.2, 0.25) is 0 Å². The van der Waals surface area contributed by atoms with Crippen LogP contribution >= 0.6 is 0 Å². The van der Waals surface area contributed by atoms with E-state index in [1.807, 2.05) is 19.1 Å². The van der Waals surface area contributed by atoms with E-state index in [1.54, 1.807) is 43.5 Å². The van der Waals surface area contributed by atoms with Gasteiger partial charge in [-0.05, 0) is 48.9 Å². The number of aryl methyl sites for hydroxylation is 1. The smallest absolute Gasteiger partial charge is 0.296 e. The number of ketones is 1. The standard InChI is InChI=1S/C16H15NO3/c1-11-4-3-5-13(10-11)17-16(19)15(18)12-6-8-14(20-2)9-7-12/h3-10H,1-2H3,(H,17,19). The molecule has 2 aromatic carbocycles. The number of hydrogen-bond acceptors (Lipinski definition) is 3. The maximum atomic E-state index is 12.0. The molecule has 0 aliphatic rings. The lowest BCUT2D eigenvalue weighted by molar-refractivity contribution is -0.112. The maximum Gasteiger partial charge on any atom is 0.296 e. The highest BCUT2D eigenvalue weighted by Gasteiger charge is 2.16. The summed E-state index contributed by atoms with van der Waals surface area (Å²) in [4.78, 5) is 23.9. The van der Waals surface area contributed by atoms with E-state index >= 15 is 0 Å². The molecule has 0 aliphatic heterocycles. The van der Waals surface area contributed by atoms with Crippen molar-refractivity contribution >= 4 is 17.4 Å². The van der Waals surface area contributed by atoms with Crippen LogP contribution in [0.25, 0.3) is 0 Å². The normalized spacial score (nSPS) is 9.90. The van der Waals surface area contributed by atoms with Gasteiger partial charge in [-0.2, -0.15) is 0 Å². The first-order valence-corrected chi connectivity index (χ1v) is 6.16. The van der Waals surface area contributed by atoms with Crippen molar-refractivity contribution in [1.82, 2.24) is 0 Å². The Morgan fingerprint density at radius 3 is 2.35 bits per heavy atom. The van der Waals surface area contributed by atoms with Crippen LogP contribution < -0.4 is 10.1 Å². The van der Waals surface area contributed by atoms with Crippen molar-refractivity contribution in [3.05, 3.63) is 59.7 Å². The fourth-order valence-electron chi connectivity index (χ4n) is 1.78. The van der Waals surface area contributed by atoms with Crippen molar-refractivity contribution in [2.75, 3.05) is 12.4 Å². The first kappa shape index (κ1) is 13.8. The molecule has 0 aliphatic carbocycles. The minimum absolute atomic E-state index is 0.330. The third kappa shape index (κ3) is 3.23. The molecule has 0 aromatic heterocycles. The Kier molecular flexibility index (Phi) is 4.15. The molecule has 20 heavy (non-hydrogen) atoms. The summed E-state index contributed by atoms with van der Waals surface area (Å²) < 4.78 is 5.01.